The Hall–Kier alpha value is -0.800. The predicted octanol–water partition coefficient (Wildman–Crippen LogP) is 1.40. The molecule has 0 bridgehead atoms. The normalized spacial score (nSPS) is 14.5. The minimum Gasteiger partial charge on any atom is -0.367 e. The third-order valence-electron chi connectivity index (χ3n) is 2.10. The van der Waals surface area contributed by atoms with E-state index < -0.39 is 0 Å². The Labute approximate surface area is 79.7 Å². The fourth-order valence-corrected chi connectivity index (χ4v) is 1.47. The van der Waals surface area contributed by atoms with Gasteiger partial charge in [0.15, 0.2) is 0 Å². The average Bonchev–Trinajstić information content (AvgIpc) is 2.50. The zero-order chi connectivity index (χ0) is 9.90. The Balaban J connectivity index is 2.64. The van der Waals surface area contributed by atoms with Crippen molar-refractivity contribution >= 4 is 0 Å². The fourth-order valence-electron chi connectivity index (χ4n) is 1.47. The lowest BCUT2D eigenvalue weighted by Crippen LogP contribution is -2.36. The van der Waals surface area contributed by atoms with E-state index in [0.29, 0.717) is 6.04 Å². The smallest absolute Gasteiger partial charge is 0.0349 e. The highest BCUT2D eigenvalue weighted by molar-refractivity contribution is 5.14. The summed E-state index contributed by atoms with van der Waals surface area (Å²) in [7, 11) is 1.96. The van der Waals surface area contributed by atoms with Gasteiger partial charge < -0.3 is 16.0 Å². The Morgan fingerprint density at radius 2 is 2.31 bits per heavy atom. The first kappa shape index (κ1) is 10.3. The van der Waals surface area contributed by atoms with Crippen molar-refractivity contribution in [1.82, 2.24) is 10.3 Å². The van der Waals surface area contributed by atoms with Gasteiger partial charge >= 0.3 is 0 Å². The molecular formula is C10H19N3. The van der Waals surface area contributed by atoms with Gasteiger partial charge in [-0.3, -0.25) is 0 Å². The van der Waals surface area contributed by atoms with Crippen LogP contribution >= 0.6 is 0 Å². The molecule has 1 atom stereocenters. The van der Waals surface area contributed by atoms with Crippen LogP contribution in [0.4, 0.5) is 0 Å². The van der Waals surface area contributed by atoms with Crippen LogP contribution in [0.1, 0.15) is 31.9 Å². The van der Waals surface area contributed by atoms with E-state index in [2.05, 4.69) is 16.4 Å². The molecule has 4 N–H and O–H groups in total. The van der Waals surface area contributed by atoms with Crippen molar-refractivity contribution < 1.29 is 0 Å². The molecule has 3 nitrogen and oxygen atoms in total. The van der Waals surface area contributed by atoms with Gasteiger partial charge in [0.1, 0.15) is 0 Å². The molecule has 0 spiro atoms. The van der Waals surface area contributed by atoms with Gasteiger partial charge in [-0.1, -0.05) is 0 Å². The Morgan fingerprint density at radius 3 is 2.69 bits per heavy atom. The highest BCUT2D eigenvalue weighted by atomic mass is 14.9. The summed E-state index contributed by atoms with van der Waals surface area (Å²) >= 11 is 0. The lowest BCUT2D eigenvalue weighted by atomic mass is 9.93. The van der Waals surface area contributed by atoms with Crippen LogP contribution in [-0.2, 0) is 0 Å². The summed E-state index contributed by atoms with van der Waals surface area (Å²) in [6, 6.07) is 2.42. The number of rotatable bonds is 4. The number of hydrogen-bond donors (Lipinski definition) is 3. The zero-order valence-corrected chi connectivity index (χ0v) is 8.59. The van der Waals surface area contributed by atoms with Crippen molar-refractivity contribution in [1.29, 1.82) is 0 Å². The summed E-state index contributed by atoms with van der Waals surface area (Å²) in [6.45, 7) is 4.09. The second kappa shape index (κ2) is 3.94. The predicted molar refractivity (Wildman–Crippen MR) is 55.5 cm³/mol. The van der Waals surface area contributed by atoms with Gasteiger partial charge in [0.25, 0.3) is 0 Å². The van der Waals surface area contributed by atoms with E-state index in [0.717, 1.165) is 6.42 Å². The van der Waals surface area contributed by atoms with Gasteiger partial charge in [0.05, 0.1) is 0 Å². The Bertz CT molecular complexity index is 233. The van der Waals surface area contributed by atoms with Crippen LogP contribution < -0.4 is 11.1 Å². The summed E-state index contributed by atoms with van der Waals surface area (Å²) in [6.07, 6.45) is 4.87. The second-order valence-corrected chi connectivity index (χ2v) is 4.18. The van der Waals surface area contributed by atoms with Gasteiger partial charge in [-0.25, -0.2) is 0 Å². The van der Waals surface area contributed by atoms with Crippen molar-refractivity contribution in [2.45, 2.75) is 31.8 Å². The largest absolute Gasteiger partial charge is 0.367 e. The van der Waals surface area contributed by atoms with Crippen LogP contribution in [0.25, 0.3) is 0 Å². The quantitative estimate of drug-likeness (QED) is 0.657. The standard InChI is InChI=1S/C10H19N3/c1-10(2,11)6-9(12-3)8-4-5-13-7-8/h4-5,7,9,12-13H,6,11H2,1-3H3. The molecule has 0 radical (unpaired) electrons. The number of hydrogen-bond acceptors (Lipinski definition) is 2. The van der Waals surface area contributed by atoms with Crippen molar-refractivity contribution in [2.24, 2.45) is 5.73 Å². The second-order valence-electron chi connectivity index (χ2n) is 4.18. The maximum Gasteiger partial charge on any atom is 0.0349 e. The maximum absolute atomic E-state index is 5.97. The molecule has 0 amide bonds. The lowest BCUT2D eigenvalue weighted by molar-refractivity contribution is 0.396. The van der Waals surface area contributed by atoms with E-state index in [9.17, 15) is 0 Å². The number of nitrogens with one attached hydrogen (secondary N) is 2. The van der Waals surface area contributed by atoms with Gasteiger partial charge in [-0.15, -0.1) is 0 Å². The van der Waals surface area contributed by atoms with Crippen LogP contribution in [0.5, 0.6) is 0 Å². The van der Waals surface area contributed by atoms with E-state index >= 15 is 0 Å². The maximum atomic E-state index is 5.97. The highest BCUT2D eigenvalue weighted by Gasteiger charge is 2.19. The van der Waals surface area contributed by atoms with Gasteiger partial charge in [0.2, 0.25) is 0 Å². The number of aromatic amines is 1. The first-order valence-corrected chi connectivity index (χ1v) is 4.62. The van der Waals surface area contributed by atoms with Crippen LogP contribution in [-0.4, -0.2) is 17.6 Å². The molecule has 0 aliphatic rings. The van der Waals surface area contributed by atoms with Crippen LogP contribution in [0.2, 0.25) is 0 Å². The molecule has 0 aliphatic carbocycles. The SMILES string of the molecule is CNC(CC(C)(C)N)c1cc[nH]c1. The summed E-state index contributed by atoms with van der Waals surface area (Å²) < 4.78 is 0. The van der Waals surface area contributed by atoms with Crippen molar-refractivity contribution in [2.75, 3.05) is 7.05 Å². The molecule has 0 fully saturated rings. The van der Waals surface area contributed by atoms with Crippen LogP contribution in [0.3, 0.4) is 0 Å². The molecular weight excluding hydrogens is 162 g/mol. The van der Waals surface area contributed by atoms with E-state index in [1.165, 1.54) is 5.56 Å². The Kier molecular flexibility index (Phi) is 3.12. The molecule has 1 aromatic heterocycles. The molecule has 1 unspecified atom stereocenters. The average molecular weight is 181 g/mol. The molecule has 1 aromatic rings. The number of nitrogens with two attached hydrogens (primary N) is 1. The third kappa shape index (κ3) is 3.20. The van der Waals surface area contributed by atoms with Crippen molar-refractivity contribution in [3.05, 3.63) is 24.0 Å². The van der Waals surface area contributed by atoms with E-state index in [4.69, 9.17) is 5.73 Å². The molecule has 3 heteroatoms. The molecule has 0 aromatic carbocycles. The van der Waals surface area contributed by atoms with Crippen LogP contribution in [0, 0.1) is 0 Å². The van der Waals surface area contributed by atoms with Gasteiger partial charge in [-0.2, -0.15) is 0 Å². The summed E-state index contributed by atoms with van der Waals surface area (Å²) in [5.41, 5.74) is 7.10. The molecule has 74 valence electrons. The van der Waals surface area contributed by atoms with E-state index in [1.54, 1.807) is 0 Å². The highest BCUT2D eigenvalue weighted by Crippen LogP contribution is 2.21. The minimum atomic E-state index is -0.134. The molecule has 1 heterocycles. The molecule has 0 saturated carbocycles. The summed E-state index contributed by atoms with van der Waals surface area (Å²) in [5, 5.41) is 3.26. The summed E-state index contributed by atoms with van der Waals surface area (Å²) in [5.74, 6) is 0. The van der Waals surface area contributed by atoms with Crippen molar-refractivity contribution in [3.63, 3.8) is 0 Å². The minimum absolute atomic E-state index is 0.134. The fraction of sp³-hybridized carbons (Fsp3) is 0.600. The first-order valence-electron chi connectivity index (χ1n) is 4.62. The third-order valence-corrected chi connectivity index (χ3v) is 2.10. The number of H-pyrrole nitrogens is 1. The van der Waals surface area contributed by atoms with E-state index in [-0.39, 0.29) is 5.54 Å². The molecule has 13 heavy (non-hydrogen) atoms. The molecule has 0 saturated heterocycles. The monoisotopic (exact) mass is 181 g/mol. The van der Waals surface area contributed by atoms with Crippen LogP contribution in [0.15, 0.2) is 18.5 Å². The Morgan fingerprint density at radius 1 is 1.62 bits per heavy atom. The summed E-state index contributed by atoms with van der Waals surface area (Å²) in [4.78, 5) is 3.05. The van der Waals surface area contributed by atoms with E-state index in [1.807, 2.05) is 33.3 Å². The lowest BCUT2D eigenvalue weighted by Gasteiger charge is -2.25. The van der Waals surface area contributed by atoms with Crippen molar-refractivity contribution in [3.8, 4) is 0 Å². The molecule has 0 aliphatic heterocycles. The van der Waals surface area contributed by atoms with Gasteiger partial charge in [-0.05, 0) is 38.9 Å². The molecule has 1 rings (SSSR count). The van der Waals surface area contributed by atoms with Gasteiger partial charge in [0, 0.05) is 24.0 Å². The zero-order valence-electron chi connectivity index (χ0n) is 8.59. The first-order chi connectivity index (χ1) is 6.03. The topological polar surface area (TPSA) is 53.8 Å². The number of aromatic nitrogens is 1.